The molecule has 3 heterocycles. The lowest BCUT2D eigenvalue weighted by Crippen LogP contribution is -2.37. The fraction of sp³-hybridized carbons (Fsp3) is 0.357. The second kappa shape index (κ2) is 6.68. The topological polar surface area (TPSA) is 77.2 Å². The van der Waals surface area contributed by atoms with Crippen molar-refractivity contribution in [2.24, 2.45) is 0 Å². The number of nitrogens with two attached hydrogens (primary N) is 1. The van der Waals surface area contributed by atoms with Gasteiger partial charge in [-0.25, -0.2) is 15.0 Å². The highest BCUT2D eigenvalue weighted by molar-refractivity contribution is 7.98. The molecule has 0 atom stereocenters. The molecule has 0 spiro atoms. The minimum absolute atomic E-state index is 0.454. The van der Waals surface area contributed by atoms with Crippen molar-refractivity contribution in [2.45, 2.75) is 4.90 Å². The van der Waals surface area contributed by atoms with Crippen LogP contribution in [0.2, 0.25) is 5.15 Å². The van der Waals surface area contributed by atoms with Crippen molar-refractivity contribution in [3.8, 4) is 11.4 Å². The maximum absolute atomic E-state index is 6.36. The Bertz CT molecular complexity index is 661. The summed E-state index contributed by atoms with van der Waals surface area (Å²) >= 11 is 7.91. The van der Waals surface area contributed by atoms with Crippen molar-refractivity contribution in [1.82, 2.24) is 15.0 Å². The van der Waals surface area contributed by atoms with Crippen LogP contribution in [0.4, 0.5) is 11.6 Å². The van der Waals surface area contributed by atoms with Gasteiger partial charge in [-0.15, -0.1) is 11.8 Å². The van der Waals surface area contributed by atoms with E-state index in [0.717, 1.165) is 29.4 Å². The molecule has 2 aromatic rings. The Morgan fingerprint density at radius 2 is 2.05 bits per heavy atom. The number of anilines is 2. The number of nitrogen functional groups attached to an aromatic ring is 1. The van der Waals surface area contributed by atoms with Gasteiger partial charge in [-0.2, -0.15) is 0 Å². The van der Waals surface area contributed by atoms with Gasteiger partial charge in [0, 0.05) is 24.8 Å². The number of nitrogens with zero attached hydrogens (tertiary/aromatic N) is 4. The van der Waals surface area contributed by atoms with Crippen molar-refractivity contribution in [3.63, 3.8) is 0 Å². The van der Waals surface area contributed by atoms with Gasteiger partial charge in [0.2, 0.25) is 0 Å². The Morgan fingerprint density at radius 1 is 1.27 bits per heavy atom. The van der Waals surface area contributed by atoms with E-state index >= 15 is 0 Å². The second-order valence-electron chi connectivity index (χ2n) is 4.77. The molecule has 1 fully saturated rings. The zero-order valence-corrected chi connectivity index (χ0v) is 13.7. The first-order valence-corrected chi connectivity index (χ1v) is 8.45. The van der Waals surface area contributed by atoms with E-state index in [2.05, 4.69) is 14.9 Å². The summed E-state index contributed by atoms with van der Waals surface area (Å²) in [5, 5.41) is 0.454. The maximum Gasteiger partial charge on any atom is 0.164 e. The van der Waals surface area contributed by atoms with Crippen LogP contribution in [0.3, 0.4) is 0 Å². The number of rotatable bonds is 3. The van der Waals surface area contributed by atoms with Crippen LogP contribution in [-0.4, -0.2) is 47.5 Å². The van der Waals surface area contributed by atoms with Crippen LogP contribution < -0.4 is 10.6 Å². The molecule has 8 heteroatoms. The molecule has 116 valence electrons. The van der Waals surface area contributed by atoms with E-state index in [1.807, 2.05) is 12.3 Å². The van der Waals surface area contributed by atoms with Crippen LogP contribution in [0, 0.1) is 0 Å². The summed E-state index contributed by atoms with van der Waals surface area (Å²) < 4.78 is 5.40. The quantitative estimate of drug-likeness (QED) is 0.680. The van der Waals surface area contributed by atoms with Gasteiger partial charge in [-0.1, -0.05) is 11.6 Å². The first kappa shape index (κ1) is 15.3. The Labute approximate surface area is 138 Å². The fourth-order valence-electron chi connectivity index (χ4n) is 2.24. The lowest BCUT2D eigenvalue weighted by atomic mass is 10.2. The SMILES string of the molecule is CSc1c(Cl)nc(-c2ccc(N)nc2)nc1N1CCOCC1. The lowest BCUT2D eigenvalue weighted by Gasteiger charge is -2.29. The first-order valence-electron chi connectivity index (χ1n) is 6.85. The van der Waals surface area contributed by atoms with E-state index in [-0.39, 0.29) is 0 Å². The van der Waals surface area contributed by atoms with E-state index in [1.165, 1.54) is 0 Å². The summed E-state index contributed by atoms with van der Waals surface area (Å²) in [6.45, 7) is 2.96. The number of thioether (sulfide) groups is 1. The number of hydrogen-bond acceptors (Lipinski definition) is 7. The van der Waals surface area contributed by atoms with E-state index in [9.17, 15) is 0 Å². The Morgan fingerprint density at radius 3 is 2.68 bits per heavy atom. The molecule has 2 N–H and O–H groups in total. The molecule has 0 unspecified atom stereocenters. The molecule has 3 rings (SSSR count). The van der Waals surface area contributed by atoms with E-state index < -0.39 is 0 Å². The molecule has 1 aliphatic heterocycles. The van der Waals surface area contributed by atoms with Gasteiger partial charge in [0.15, 0.2) is 5.82 Å². The maximum atomic E-state index is 6.36. The molecule has 0 aliphatic carbocycles. The minimum atomic E-state index is 0.454. The number of halogens is 1. The predicted molar refractivity (Wildman–Crippen MR) is 89.5 cm³/mol. The fourth-order valence-corrected chi connectivity index (χ4v) is 3.21. The number of aromatic nitrogens is 3. The third kappa shape index (κ3) is 3.11. The summed E-state index contributed by atoms with van der Waals surface area (Å²) in [7, 11) is 0. The monoisotopic (exact) mass is 337 g/mol. The standard InChI is InChI=1S/C14H16ClN5OS/c1-22-11-12(15)18-13(9-2-3-10(16)17-8-9)19-14(11)20-4-6-21-7-5-20/h2-3,8H,4-7H2,1H3,(H2,16,17). The van der Waals surface area contributed by atoms with Crippen molar-refractivity contribution in [2.75, 3.05) is 43.2 Å². The van der Waals surface area contributed by atoms with Crippen LogP contribution in [0.25, 0.3) is 11.4 Å². The summed E-state index contributed by atoms with van der Waals surface area (Å²) in [6.07, 6.45) is 3.63. The third-order valence-corrected chi connectivity index (χ3v) is 4.54. The molecular formula is C14H16ClN5OS. The van der Waals surface area contributed by atoms with Crippen LogP contribution in [0.5, 0.6) is 0 Å². The van der Waals surface area contributed by atoms with Crippen molar-refractivity contribution >= 4 is 35.0 Å². The van der Waals surface area contributed by atoms with Gasteiger partial charge in [-0.3, -0.25) is 0 Å². The van der Waals surface area contributed by atoms with E-state index in [4.69, 9.17) is 27.1 Å². The molecule has 0 aromatic carbocycles. The zero-order valence-electron chi connectivity index (χ0n) is 12.1. The number of ether oxygens (including phenoxy) is 1. The molecular weight excluding hydrogens is 322 g/mol. The van der Waals surface area contributed by atoms with Crippen molar-refractivity contribution in [1.29, 1.82) is 0 Å². The number of pyridine rings is 1. The van der Waals surface area contributed by atoms with Crippen LogP contribution in [0.15, 0.2) is 23.2 Å². The molecule has 1 aliphatic rings. The zero-order chi connectivity index (χ0) is 15.5. The highest BCUT2D eigenvalue weighted by Crippen LogP contribution is 2.34. The molecule has 2 aromatic heterocycles. The molecule has 22 heavy (non-hydrogen) atoms. The largest absolute Gasteiger partial charge is 0.384 e. The summed E-state index contributed by atoms with van der Waals surface area (Å²) in [5.41, 5.74) is 6.41. The van der Waals surface area contributed by atoms with Gasteiger partial charge in [0.25, 0.3) is 0 Å². The molecule has 0 amide bonds. The van der Waals surface area contributed by atoms with Gasteiger partial charge in [-0.05, 0) is 18.4 Å². The number of morpholine rings is 1. The predicted octanol–water partition coefficient (Wildman–Crippen LogP) is 2.33. The smallest absolute Gasteiger partial charge is 0.164 e. The highest BCUT2D eigenvalue weighted by atomic mass is 35.5. The summed E-state index contributed by atoms with van der Waals surface area (Å²) in [6, 6.07) is 3.57. The normalized spacial score (nSPS) is 15.1. The number of hydrogen-bond donors (Lipinski definition) is 1. The van der Waals surface area contributed by atoms with Gasteiger partial charge in [0.1, 0.15) is 16.8 Å². The van der Waals surface area contributed by atoms with Gasteiger partial charge in [0.05, 0.1) is 18.1 Å². The molecule has 0 bridgehead atoms. The third-order valence-electron chi connectivity index (χ3n) is 3.37. The molecule has 6 nitrogen and oxygen atoms in total. The van der Waals surface area contributed by atoms with Crippen molar-refractivity contribution < 1.29 is 4.74 Å². The summed E-state index contributed by atoms with van der Waals surface area (Å²) in [4.78, 5) is 16.2. The van der Waals surface area contributed by atoms with Crippen LogP contribution in [0.1, 0.15) is 0 Å². The Kier molecular flexibility index (Phi) is 4.66. The van der Waals surface area contributed by atoms with Crippen LogP contribution >= 0.6 is 23.4 Å². The van der Waals surface area contributed by atoms with Crippen LogP contribution in [-0.2, 0) is 4.74 Å². The first-order chi connectivity index (χ1) is 10.7. The molecule has 0 radical (unpaired) electrons. The van der Waals surface area contributed by atoms with E-state index in [0.29, 0.717) is 30.0 Å². The average Bonchev–Trinajstić information content (AvgIpc) is 2.55. The molecule has 1 saturated heterocycles. The Balaban J connectivity index is 2.05. The Hall–Kier alpha value is -1.57. The summed E-state index contributed by atoms with van der Waals surface area (Å²) in [5.74, 6) is 1.86. The minimum Gasteiger partial charge on any atom is -0.384 e. The van der Waals surface area contributed by atoms with Gasteiger partial charge < -0.3 is 15.4 Å². The highest BCUT2D eigenvalue weighted by Gasteiger charge is 2.20. The molecule has 0 saturated carbocycles. The van der Waals surface area contributed by atoms with E-state index in [1.54, 1.807) is 24.0 Å². The van der Waals surface area contributed by atoms with Crippen molar-refractivity contribution in [3.05, 3.63) is 23.5 Å². The lowest BCUT2D eigenvalue weighted by molar-refractivity contribution is 0.122. The van der Waals surface area contributed by atoms with Gasteiger partial charge >= 0.3 is 0 Å². The average molecular weight is 338 g/mol. The second-order valence-corrected chi connectivity index (χ2v) is 5.94.